The minimum absolute atomic E-state index is 0.731. The van der Waals surface area contributed by atoms with Crippen molar-refractivity contribution in [2.75, 3.05) is 5.73 Å². The van der Waals surface area contributed by atoms with Gasteiger partial charge in [-0.25, -0.2) is 0 Å². The second kappa shape index (κ2) is 6.66. The highest BCUT2D eigenvalue weighted by molar-refractivity contribution is 5.57. The molecule has 0 aliphatic rings. The van der Waals surface area contributed by atoms with Gasteiger partial charge in [-0.2, -0.15) is 0 Å². The van der Waals surface area contributed by atoms with E-state index in [1.807, 2.05) is 24.3 Å². The van der Waals surface area contributed by atoms with Gasteiger partial charge < -0.3 is 5.73 Å². The minimum Gasteiger partial charge on any atom is -0.398 e. The summed E-state index contributed by atoms with van der Waals surface area (Å²) < 4.78 is 0. The van der Waals surface area contributed by atoms with Crippen LogP contribution in [0.1, 0.15) is 36.5 Å². The summed E-state index contributed by atoms with van der Waals surface area (Å²) in [5.74, 6) is 6.27. The van der Waals surface area contributed by atoms with Crippen LogP contribution in [0.2, 0.25) is 0 Å². The first-order valence-corrected chi connectivity index (χ1v) is 6.75. The molecule has 1 heteroatoms. The van der Waals surface area contributed by atoms with E-state index in [1.54, 1.807) is 0 Å². The van der Waals surface area contributed by atoms with E-state index in [1.165, 1.54) is 18.4 Å². The number of nitrogen functional groups attached to an aromatic ring is 1. The number of hydrogen-bond donors (Lipinski definition) is 1. The van der Waals surface area contributed by atoms with E-state index < -0.39 is 0 Å². The first-order chi connectivity index (χ1) is 9.29. The van der Waals surface area contributed by atoms with E-state index in [2.05, 4.69) is 43.0 Å². The molecule has 0 atom stereocenters. The molecule has 2 rings (SSSR count). The van der Waals surface area contributed by atoms with Gasteiger partial charge in [0.1, 0.15) is 0 Å². The zero-order valence-electron chi connectivity index (χ0n) is 11.3. The monoisotopic (exact) mass is 249 g/mol. The van der Waals surface area contributed by atoms with Crippen molar-refractivity contribution in [3.05, 3.63) is 65.2 Å². The van der Waals surface area contributed by atoms with Gasteiger partial charge in [-0.3, -0.25) is 0 Å². The third kappa shape index (κ3) is 3.89. The van der Waals surface area contributed by atoms with Crippen molar-refractivity contribution in [3.8, 4) is 11.8 Å². The molecule has 1 nitrogen and oxygen atoms in total. The normalized spacial score (nSPS) is 9.74. The summed E-state index contributed by atoms with van der Waals surface area (Å²) in [5, 5.41) is 0. The van der Waals surface area contributed by atoms with E-state index in [0.717, 1.165) is 23.2 Å². The average Bonchev–Trinajstić information content (AvgIpc) is 2.45. The minimum atomic E-state index is 0.731. The standard InChI is InChI=1S/C18H19N/c1-2-3-6-15-9-11-16(12-10-15)13-14-17-7-4-5-8-18(17)19/h4-5,7-12H,2-3,6,19H2,1H3. The van der Waals surface area contributed by atoms with Gasteiger partial charge in [0, 0.05) is 16.8 Å². The SMILES string of the molecule is CCCCc1ccc(C#Cc2ccccc2N)cc1. The van der Waals surface area contributed by atoms with Crippen LogP contribution in [0.5, 0.6) is 0 Å². The molecule has 2 N–H and O–H groups in total. The Kier molecular flexibility index (Phi) is 4.64. The molecule has 2 aromatic rings. The lowest BCUT2D eigenvalue weighted by atomic mass is 10.1. The van der Waals surface area contributed by atoms with Crippen LogP contribution >= 0.6 is 0 Å². The predicted molar refractivity (Wildman–Crippen MR) is 81.9 cm³/mol. The van der Waals surface area contributed by atoms with Crippen LogP contribution in [0.15, 0.2) is 48.5 Å². The Balaban J connectivity index is 2.10. The van der Waals surface area contributed by atoms with Crippen molar-refractivity contribution < 1.29 is 0 Å². The summed E-state index contributed by atoms with van der Waals surface area (Å²) in [5.41, 5.74) is 9.89. The quantitative estimate of drug-likeness (QED) is 0.645. The number of rotatable bonds is 3. The Bertz CT molecular complexity index is 585. The molecule has 0 unspecified atom stereocenters. The molecule has 0 aromatic heterocycles. The largest absolute Gasteiger partial charge is 0.398 e. The lowest BCUT2D eigenvalue weighted by Crippen LogP contribution is -1.88. The number of benzene rings is 2. The van der Waals surface area contributed by atoms with Gasteiger partial charge in [0.2, 0.25) is 0 Å². The van der Waals surface area contributed by atoms with Gasteiger partial charge in [-0.15, -0.1) is 0 Å². The smallest absolute Gasteiger partial charge is 0.0478 e. The Morgan fingerprint density at radius 2 is 1.68 bits per heavy atom. The van der Waals surface area contributed by atoms with E-state index in [0.29, 0.717) is 0 Å². The Morgan fingerprint density at radius 1 is 0.947 bits per heavy atom. The summed E-state index contributed by atoms with van der Waals surface area (Å²) in [6, 6.07) is 16.2. The zero-order chi connectivity index (χ0) is 13.5. The second-order valence-corrected chi connectivity index (χ2v) is 4.64. The molecule has 0 spiro atoms. The fraction of sp³-hybridized carbons (Fsp3) is 0.222. The van der Waals surface area contributed by atoms with E-state index in [9.17, 15) is 0 Å². The molecular formula is C18H19N. The third-order valence-corrected chi connectivity index (χ3v) is 3.08. The van der Waals surface area contributed by atoms with Gasteiger partial charge in [-0.1, -0.05) is 49.5 Å². The summed E-state index contributed by atoms with van der Waals surface area (Å²) in [4.78, 5) is 0. The molecule has 19 heavy (non-hydrogen) atoms. The second-order valence-electron chi connectivity index (χ2n) is 4.64. The molecule has 0 amide bonds. The molecule has 0 heterocycles. The highest BCUT2D eigenvalue weighted by Crippen LogP contribution is 2.10. The predicted octanol–water partition coefficient (Wildman–Crippen LogP) is 4.01. The molecule has 2 aromatic carbocycles. The summed E-state index contributed by atoms with van der Waals surface area (Å²) in [6.45, 7) is 2.21. The maximum Gasteiger partial charge on any atom is 0.0478 e. The molecule has 0 bridgehead atoms. The van der Waals surface area contributed by atoms with Crippen LogP contribution < -0.4 is 5.73 Å². The van der Waals surface area contributed by atoms with Crippen LogP contribution in [0.25, 0.3) is 0 Å². The first-order valence-electron chi connectivity index (χ1n) is 6.75. The van der Waals surface area contributed by atoms with E-state index in [4.69, 9.17) is 5.73 Å². The van der Waals surface area contributed by atoms with Crippen molar-refractivity contribution in [1.29, 1.82) is 0 Å². The van der Waals surface area contributed by atoms with Gasteiger partial charge in [0.25, 0.3) is 0 Å². The van der Waals surface area contributed by atoms with Crippen molar-refractivity contribution in [1.82, 2.24) is 0 Å². The molecule has 0 aliphatic carbocycles. The lowest BCUT2D eigenvalue weighted by molar-refractivity contribution is 0.795. The Morgan fingerprint density at radius 3 is 2.37 bits per heavy atom. The molecule has 96 valence electrons. The topological polar surface area (TPSA) is 26.0 Å². The summed E-state index contributed by atoms with van der Waals surface area (Å²) in [6.07, 6.45) is 3.62. The summed E-state index contributed by atoms with van der Waals surface area (Å²) in [7, 11) is 0. The number of hydrogen-bond acceptors (Lipinski definition) is 1. The van der Waals surface area contributed by atoms with Crippen molar-refractivity contribution in [2.45, 2.75) is 26.2 Å². The van der Waals surface area contributed by atoms with E-state index >= 15 is 0 Å². The Hall–Kier alpha value is -2.20. The van der Waals surface area contributed by atoms with Crippen LogP contribution in [0.4, 0.5) is 5.69 Å². The van der Waals surface area contributed by atoms with Crippen molar-refractivity contribution in [2.24, 2.45) is 0 Å². The number of anilines is 1. The number of para-hydroxylation sites is 1. The molecule has 0 fully saturated rings. The molecular weight excluding hydrogens is 230 g/mol. The fourth-order valence-corrected chi connectivity index (χ4v) is 1.89. The molecule has 0 aliphatic heterocycles. The average molecular weight is 249 g/mol. The van der Waals surface area contributed by atoms with Crippen molar-refractivity contribution in [3.63, 3.8) is 0 Å². The Labute approximate surface area is 115 Å². The van der Waals surface area contributed by atoms with Gasteiger partial charge in [0.05, 0.1) is 0 Å². The van der Waals surface area contributed by atoms with Crippen molar-refractivity contribution >= 4 is 5.69 Å². The number of nitrogens with two attached hydrogens (primary N) is 1. The van der Waals surface area contributed by atoms with Crippen LogP contribution in [0, 0.1) is 11.8 Å². The molecule has 0 saturated heterocycles. The van der Waals surface area contributed by atoms with E-state index in [-0.39, 0.29) is 0 Å². The van der Waals surface area contributed by atoms with Gasteiger partial charge in [0.15, 0.2) is 0 Å². The number of unbranched alkanes of at least 4 members (excludes halogenated alkanes) is 1. The highest BCUT2D eigenvalue weighted by atomic mass is 14.5. The zero-order valence-corrected chi connectivity index (χ0v) is 11.3. The van der Waals surface area contributed by atoms with Gasteiger partial charge >= 0.3 is 0 Å². The summed E-state index contributed by atoms with van der Waals surface area (Å²) >= 11 is 0. The third-order valence-electron chi connectivity index (χ3n) is 3.08. The van der Waals surface area contributed by atoms with Crippen LogP contribution in [-0.4, -0.2) is 0 Å². The fourth-order valence-electron chi connectivity index (χ4n) is 1.89. The maximum absolute atomic E-state index is 5.86. The maximum atomic E-state index is 5.86. The van der Waals surface area contributed by atoms with Gasteiger partial charge in [-0.05, 0) is 42.7 Å². The number of aryl methyl sites for hydroxylation is 1. The molecule has 0 radical (unpaired) electrons. The molecule has 0 saturated carbocycles. The first kappa shape index (κ1) is 13.2. The lowest BCUT2D eigenvalue weighted by Gasteiger charge is -1.99. The van der Waals surface area contributed by atoms with Crippen LogP contribution in [-0.2, 0) is 6.42 Å². The highest BCUT2D eigenvalue weighted by Gasteiger charge is 1.94. The van der Waals surface area contributed by atoms with Crippen LogP contribution in [0.3, 0.4) is 0 Å².